The molecule has 3 unspecified atom stereocenters. The first-order valence-electron chi connectivity index (χ1n) is 6.74. The zero-order chi connectivity index (χ0) is 10.0. The maximum absolute atomic E-state index is 2.57. The maximum Gasteiger partial charge on any atom is -0.0295 e. The molecule has 2 aliphatic rings. The second-order valence-electron chi connectivity index (χ2n) is 6.04. The van der Waals surface area contributed by atoms with Gasteiger partial charge in [0, 0.05) is 0 Å². The van der Waals surface area contributed by atoms with Gasteiger partial charge in [0.05, 0.1) is 0 Å². The van der Waals surface area contributed by atoms with E-state index in [0.29, 0.717) is 0 Å². The maximum atomic E-state index is 2.57. The highest BCUT2D eigenvalue weighted by molar-refractivity contribution is 4.97. The van der Waals surface area contributed by atoms with Crippen molar-refractivity contribution in [2.24, 2.45) is 17.3 Å². The number of hydrogen-bond donors (Lipinski definition) is 0. The monoisotopic (exact) mass is 194 g/mol. The highest BCUT2D eigenvalue weighted by Crippen LogP contribution is 2.57. The Morgan fingerprint density at radius 2 is 2.00 bits per heavy atom. The van der Waals surface area contributed by atoms with Crippen molar-refractivity contribution >= 4 is 0 Å². The van der Waals surface area contributed by atoms with Crippen molar-refractivity contribution in [3.05, 3.63) is 0 Å². The minimum absolute atomic E-state index is 0.761. The third-order valence-corrected chi connectivity index (χ3v) is 4.88. The Balaban J connectivity index is 1.74. The predicted octanol–water partition coefficient (Wildman–Crippen LogP) is 4.78. The van der Waals surface area contributed by atoms with Crippen LogP contribution in [0.15, 0.2) is 0 Å². The molecule has 0 spiro atoms. The van der Waals surface area contributed by atoms with Gasteiger partial charge in [-0.2, -0.15) is 0 Å². The zero-order valence-electron chi connectivity index (χ0n) is 10.0. The summed E-state index contributed by atoms with van der Waals surface area (Å²) >= 11 is 0. The van der Waals surface area contributed by atoms with E-state index in [1.54, 1.807) is 25.7 Å². The van der Waals surface area contributed by atoms with Gasteiger partial charge in [0.25, 0.3) is 0 Å². The van der Waals surface area contributed by atoms with Crippen LogP contribution in [0.3, 0.4) is 0 Å². The van der Waals surface area contributed by atoms with Gasteiger partial charge in [-0.15, -0.1) is 0 Å². The van der Waals surface area contributed by atoms with Crippen LogP contribution in [-0.2, 0) is 0 Å². The van der Waals surface area contributed by atoms with E-state index in [9.17, 15) is 0 Å². The Kier molecular flexibility index (Phi) is 3.19. The van der Waals surface area contributed by atoms with Crippen LogP contribution in [0.5, 0.6) is 0 Å². The lowest BCUT2D eigenvalue weighted by molar-refractivity contribution is 0.167. The molecular weight excluding hydrogens is 168 g/mol. The second-order valence-corrected chi connectivity index (χ2v) is 6.04. The Bertz CT molecular complexity index is 184. The van der Waals surface area contributed by atoms with E-state index in [4.69, 9.17) is 0 Å². The van der Waals surface area contributed by atoms with Crippen LogP contribution < -0.4 is 0 Å². The first kappa shape index (κ1) is 10.5. The average molecular weight is 194 g/mol. The molecule has 82 valence electrons. The Hall–Kier alpha value is 0. The van der Waals surface area contributed by atoms with E-state index in [1.165, 1.54) is 32.1 Å². The molecule has 14 heavy (non-hydrogen) atoms. The summed E-state index contributed by atoms with van der Waals surface area (Å²) in [6.07, 6.45) is 13.6. The minimum atomic E-state index is 0.761. The SMILES string of the molecule is CCCCCCC1(C)CC2CCC1C2. The fourth-order valence-electron chi connectivity index (χ4n) is 3.98. The van der Waals surface area contributed by atoms with Gasteiger partial charge in [0.15, 0.2) is 0 Å². The van der Waals surface area contributed by atoms with E-state index in [0.717, 1.165) is 17.3 Å². The van der Waals surface area contributed by atoms with Gasteiger partial charge >= 0.3 is 0 Å². The first-order chi connectivity index (χ1) is 6.74. The largest absolute Gasteiger partial charge is 0.0654 e. The Labute approximate surface area is 89.5 Å². The van der Waals surface area contributed by atoms with Gasteiger partial charge < -0.3 is 0 Å². The molecule has 0 aliphatic heterocycles. The molecule has 0 heteroatoms. The van der Waals surface area contributed by atoms with E-state index in [2.05, 4.69) is 13.8 Å². The van der Waals surface area contributed by atoms with Crippen molar-refractivity contribution in [2.75, 3.05) is 0 Å². The van der Waals surface area contributed by atoms with Crippen LogP contribution in [-0.4, -0.2) is 0 Å². The molecule has 2 rings (SSSR count). The van der Waals surface area contributed by atoms with E-state index in [1.807, 2.05) is 0 Å². The molecule has 0 radical (unpaired) electrons. The van der Waals surface area contributed by atoms with Crippen molar-refractivity contribution in [3.63, 3.8) is 0 Å². The standard InChI is InChI=1S/C14H26/c1-3-4-5-6-9-14(2)11-12-7-8-13(14)10-12/h12-13H,3-11H2,1-2H3. The van der Waals surface area contributed by atoms with Crippen molar-refractivity contribution in [1.29, 1.82) is 0 Å². The summed E-state index contributed by atoms with van der Waals surface area (Å²) in [5, 5.41) is 0. The minimum Gasteiger partial charge on any atom is -0.0654 e. The van der Waals surface area contributed by atoms with Crippen LogP contribution in [0.25, 0.3) is 0 Å². The van der Waals surface area contributed by atoms with Gasteiger partial charge in [0.1, 0.15) is 0 Å². The van der Waals surface area contributed by atoms with Crippen LogP contribution in [0.1, 0.15) is 71.6 Å². The molecule has 2 saturated carbocycles. The number of fused-ring (bicyclic) bond motifs is 2. The molecule has 0 aromatic heterocycles. The zero-order valence-corrected chi connectivity index (χ0v) is 10.0. The quantitative estimate of drug-likeness (QED) is 0.552. The number of rotatable bonds is 5. The Morgan fingerprint density at radius 1 is 1.14 bits per heavy atom. The summed E-state index contributed by atoms with van der Waals surface area (Å²) in [6, 6.07) is 0. The topological polar surface area (TPSA) is 0 Å². The fraction of sp³-hybridized carbons (Fsp3) is 1.00. The molecule has 0 saturated heterocycles. The molecule has 2 fully saturated rings. The molecule has 3 atom stereocenters. The summed E-state index contributed by atoms with van der Waals surface area (Å²) < 4.78 is 0. The fourth-order valence-corrected chi connectivity index (χ4v) is 3.98. The molecular formula is C14H26. The van der Waals surface area contributed by atoms with Crippen molar-refractivity contribution in [2.45, 2.75) is 71.6 Å². The van der Waals surface area contributed by atoms with E-state index >= 15 is 0 Å². The van der Waals surface area contributed by atoms with Gasteiger partial charge in [-0.3, -0.25) is 0 Å². The summed E-state index contributed by atoms with van der Waals surface area (Å²) in [5.74, 6) is 2.23. The highest BCUT2D eigenvalue weighted by atomic mass is 14.5. The lowest BCUT2D eigenvalue weighted by Gasteiger charge is -2.34. The van der Waals surface area contributed by atoms with Gasteiger partial charge in [-0.05, 0) is 42.9 Å². The summed E-state index contributed by atoms with van der Waals surface area (Å²) in [5.41, 5.74) is 0.761. The van der Waals surface area contributed by atoms with Crippen LogP contribution in [0.2, 0.25) is 0 Å². The Morgan fingerprint density at radius 3 is 2.57 bits per heavy atom. The lowest BCUT2D eigenvalue weighted by atomic mass is 9.71. The summed E-state index contributed by atoms with van der Waals surface area (Å²) in [6.45, 7) is 4.88. The smallest absolute Gasteiger partial charge is 0.0295 e. The van der Waals surface area contributed by atoms with Gasteiger partial charge in [0.2, 0.25) is 0 Å². The van der Waals surface area contributed by atoms with Crippen LogP contribution in [0.4, 0.5) is 0 Å². The average Bonchev–Trinajstić information content (AvgIpc) is 2.72. The van der Waals surface area contributed by atoms with Crippen molar-refractivity contribution < 1.29 is 0 Å². The molecule has 2 bridgehead atoms. The molecule has 0 nitrogen and oxygen atoms in total. The third-order valence-electron chi connectivity index (χ3n) is 4.88. The van der Waals surface area contributed by atoms with E-state index in [-0.39, 0.29) is 0 Å². The number of unbranched alkanes of at least 4 members (excludes halogenated alkanes) is 3. The van der Waals surface area contributed by atoms with E-state index < -0.39 is 0 Å². The van der Waals surface area contributed by atoms with Crippen molar-refractivity contribution in [3.8, 4) is 0 Å². The normalized spacial score (nSPS) is 40.7. The molecule has 0 N–H and O–H groups in total. The molecule has 0 amide bonds. The summed E-state index contributed by atoms with van der Waals surface area (Å²) in [7, 11) is 0. The second kappa shape index (κ2) is 4.24. The summed E-state index contributed by atoms with van der Waals surface area (Å²) in [4.78, 5) is 0. The third kappa shape index (κ3) is 1.99. The van der Waals surface area contributed by atoms with Crippen LogP contribution in [0, 0.1) is 17.3 Å². The first-order valence-corrected chi connectivity index (χ1v) is 6.74. The molecule has 0 aromatic carbocycles. The molecule has 0 aromatic rings. The molecule has 0 heterocycles. The molecule has 2 aliphatic carbocycles. The van der Waals surface area contributed by atoms with Crippen LogP contribution >= 0.6 is 0 Å². The van der Waals surface area contributed by atoms with Gasteiger partial charge in [-0.1, -0.05) is 46.0 Å². The predicted molar refractivity (Wildman–Crippen MR) is 62.3 cm³/mol. The highest BCUT2D eigenvalue weighted by Gasteiger charge is 2.46. The number of hydrogen-bond acceptors (Lipinski definition) is 0. The van der Waals surface area contributed by atoms with Crippen molar-refractivity contribution in [1.82, 2.24) is 0 Å². The van der Waals surface area contributed by atoms with Gasteiger partial charge in [-0.25, -0.2) is 0 Å². The lowest BCUT2D eigenvalue weighted by Crippen LogP contribution is -2.23.